The lowest BCUT2D eigenvalue weighted by Gasteiger charge is -2.29. The Labute approximate surface area is 115 Å². The van der Waals surface area contributed by atoms with E-state index in [-0.39, 0.29) is 17.2 Å². The fourth-order valence-electron chi connectivity index (χ4n) is 2.65. The van der Waals surface area contributed by atoms with Crippen molar-refractivity contribution in [3.05, 3.63) is 0 Å². The minimum Gasteiger partial charge on any atom is -0.359 e. The fraction of sp³-hybridized carbons (Fsp3) is 0.857. The maximum Gasteiger partial charge on any atom is 0.227 e. The maximum absolute atomic E-state index is 12.4. The van der Waals surface area contributed by atoms with Gasteiger partial charge in [-0.15, -0.1) is 0 Å². The molecule has 110 valence electrons. The maximum atomic E-state index is 12.4. The molecule has 1 aliphatic rings. The summed E-state index contributed by atoms with van der Waals surface area (Å²) in [6.45, 7) is 7.79. The minimum absolute atomic E-state index is 0.0538. The Morgan fingerprint density at radius 2 is 2.05 bits per heavy atom. The molecule has 1 saturated heterocycles. The molecule has 0 aromatic heterocycles. The molecule has 0 spiro atoms. The first-order chi connectivity index (χ1) is 8.88. The highest BCUT2D eigenvalue weighted by molar-refractivity contribution is 5.85. The van der Waals surface area contributed by atoms with E-state index in [4.69, 9.17) is 0 Å². The Morgan fingerprint density at radius 1 is 1.37 bits per heavy atom. The Bertz CT molecular complexity index is 334. The van der Waals surface area contributed by atoms with Crippen molar-refractivity contribution < 1.29 is 9.59 Å². The highest BCUT2D eigenvalue weighted by Gasteiger charge is 2.41. The van der Waals surface area contributed by atoms with Crippen molar-refractivity contribution >= 4 is 11.8 Å². The summed E-state index contributed by atoms with van der Waals surface area (Å²) in [6.07, 6.45) is 2.77. The molecule has 0 radical (unpaired) electrons. The zero-order valence-corrected chi connectivity index (χ0v) is 12.6. The first kappa shape index (κ1) is 16.0. The average Bonchev–Trinajstić information content (AvgIpc) is 2.85. The SMILES string of the molecule is CCCC1(C(=O)NCC(C)(C)C(=O)NC)CCNC1. The molecule has 2 amide bonds. The number of nitrogens with one attached hydrogen (secondary N) is 3. The number of rotatable bonds is 6. The highest BCUT2D eigenvalue weighted by atomic mass is 16.2. The van der Waals surface area contributed by atoms with E-state index in [9.17, 15) is 9.59 Å². The Kier molecular flexibility index (Phi) is 5.35. The van der Waals surface area contributed by atoms with Crippen LogP contribution >= 0.6 is 0 Å². The summed E-state index contributed by atoms with van der Waals surface area (Å²) in [6, 6.07) is 0. The van der Waals surface area contributed by atoms with Gasteiger partial charge in [0.25, 0.3) is 0 Å². The molecule has 19 heavy (non-hydrogen) atoms. The predicted molar refractivity (Wildman–Crippen MR) is 75.7 cm³/mol. The van der Waals surface area contributed by atoms with Crippen LogP contribution in [0.4, 0.5) is 0 Å². The lowest BCUT2D eigenvalue weighted by Crippen LogP contribution is -2.49. The van der Waals surface area contributed by atoms with Crippen LogP contribution in [0.2, 0.25) is 0 Å². The molecular formula is C14H27N3O2. The van der Waals surface area contributed by atoms with Gasteiger partial charge in [0.1, 0.15) is 0 Å². The second-order valence-corrected chi connectivity index (χ2v) is 6.10. The van der Waals surface area contributed by atoms with Crippen LogP contribution in [0.3, 0.4) is 0 Å². The van der Waals surface area contributed by atoms with Gasteiger partial charge in [-0.2, -0.15) is 0 Å². The monoisotopic (exact) mass is 269 g/mol. The van der Waals surface area contributed by atoms with Crippen LogP contribution < -0.4 is 16.0 Å². The van der Waals surface area contributed by atoms with E-state index in [2.05, 4.69) is 22.9 Å². The van der Waals surface area contributed by atoms with Gasteiger partial charge in [0.2, 0.25) is 11.8 Å². The average molecular weight is 269 g/mol. The van der Waals surface area contributed by atoms with Crippen molar-refractivity contribution in [2.24, 2.45) is 10.8 Å². The molecule has 3 N–H and O–H groups in total. The van der Waals surface area contributed by atoms with Crippen molar-refractivity contribution in [2.45, 2.75) is 40.0 Å². The van der Waals surface area contributed by atoms with Crippen molar-refractivity contribution in [2.75, 3.05) is 26.7 Å². The van der Waals surface area contributed by atoms with Crippen molar-refractivity contribution in [3.63, 3.8) is 0 Å². The summed E-state index contributed by atoms with van der Waals surface area (Å²) < 4.78 is 0. The van der Waals surface area contributed by atoms with Gasteiger partial charge in [-0.1, -0.05) is 13.3 Å². The van der Waals surface area contributed by atoms with E-state index in [1.807, 2.05) is 13.8 Å². The van der Waals surface area contributed by atoms with Gasteiger partial charge in [0.05, 0.1) is 10.8 Å². The molecule has 1 unspecified atom stereocenters. The standard InChI is InChI=1S/C14H27N3O2/c1-5-6-14(7-8-16-10-14)12(19)17-9-13(2,3)11(18)15-4/h16H,5-10H2,1-4H3,(H,15,18)(H,17,19). The number of carbonyl (C=O) groups is 2. The van der Waals surface area contributed by atoms with Crippen LogP contribution in [-0.2, 0) is 9.59 Å². The van der Waals surface area contributed by atoms with Gasteiger partial charge in [0, 0.05) is 20.1 Å². The molecule has 5 heteroatoms. The van der Waals surface area contributed by atoms with Crippen LogP contribution in [0.15, 0.2) is 0 Å². The molecule has 1 rings (SSSR count). The van der Waals surface area contributed by atoms with E-state index in [0.29, 0.717) is 6.54 Å². The Balaban J connectivity index is 2.61. The predicted octanol–water partition coefficient (Wildman–Crippen LogP) is 0.655. The number of hydrogen-bond acceptors (Lipinski definition) is 3. The quantitative estimate of drug-likeness (QED) is 0.663. The zero-order chi connectivity index (χ0) is 14.5. The molecular weight excluding hydrogens is 242 g/mol. The second kappa shape index (κ2) is 6.37. The number of carbonyl (C=O) groups excluding carboxylic acids is 2. The number of amides is 2. The van der Waals surface area contributed by atoms with E-state index >= 15 is 0 Å². The van der Waals surface area contributed by atoms with Gasteiger partial charge in [-0.3, -0.25) is 9.59 Å². The number of hydrogen-bond donors (Lipinski definition) is 3. The van der Waals surface area contributed by atoms with E-state index < -0.39 is 5.41 Å². The Hall–Kier alpha value is -1.10. The lowest BCUT2D eigenvalue weighted by atomic mass is 9.81. The van der Waals surface area contributed by atoms with Gasteiger partial charge >= 0.3 is 0 Å². The van der Waals surface area contributed by atoms with Crippen LogP contribution in [0.5, 0.6) is 0 Å². The fourth-order valence-corrected chi connectivity index (χ4v) is 2.65. The molecule has 0 aliphatic carbocycles. The molecule has 0 saturated carbocycles. The normalized spacial score (nSPS) is 23.2. The third kappa shape index (κ3) is 3.69. The third-order valence-electron chi connectivity index (χ3n) is 3.99. The van der Waals surface area contributed by atoms with Crippen LogP contribution in [0.1, 0.15) is 40.0 Å². The lowest BCUT2D eigenvalue weighted by molar-refractivity contribution is -0.133. The van der Waals surface area contributed by atoms with Gasteiger partial charge in [-0.05, 0) is 33.2 Å². The van der Waals surface area contributed by atoms with Gasteiger partial charge in [0.15, 0.2) is 0 Å². The zero-order valence-electron chi connectivity index (χ0n) is 12.6. The summed E-state index contributed by atoms with van der Waals surface area (Å²) >= 11 is 0. The molecule has 1 fully saturated rings. The van der Waals surface area contributed by atoms with E-state index in [0.717, 1.165) is 32.4 Å². The molecule has 5 nitrogen and oxygen atoms in total. The Morgan fingerprint density at radius 3 is 2.53 bits per heavy atom. The molecule has 1 aliphatic heterocycles. The van der Waals surface area contributed by atoms with Crippen LogP contribution in [0, 0.1) is 10.8 Å². The highest BCUT2D eigenvalue weighted by Crippen LogP contribution is 2.31. The van der Waals surface area contributed by atoms with Gasteiger partial charge < -0.3 is 16.0 Å². The first-order valence-corrected chi connectivity index (χ1v) is 7.09. The minimum atomic E-state index is -0.580. The smallest absolute Gasteiger partial charge is 0.227 e. The van der Waals surface area contributed by atoms with Gasteiger partial charge in [-0.25, -0.2) is 0 Å². The van der Waals surface area contributed by atoms with E-state index in [1.54, 1.807) is 7.05 Å². The molecule has 0 bridgehead atoms. The summed E-state index contributed by atoms with van der Waals surface area (Å²) in [5, 5.41) is 8.87. The van der Waals surface area contributed by atoms with Crippen molar-refractivity contribution in [1.82, 2.24) is 16.0 Å². The second-order valence-electron chi connectivity index (χ2n) is 6.10. The summed E-state index contributed by atoms with van der Waals surface area (Å²) in [5.41, 5.74) is -0.864. The molecule has 1 heterocycles. The topological polar surface area (TPSA) is 70.2 Å². The van der Waals surface area contributed by atoms with Crippen LogP contribution in [0.25, 0.3) is 0 Å². The summed E-state index contributed by atoms with van der Waals surface area (Å²) in [7, 11) is 1.62. The summed E-state index contributed by atoms with van der Waals surface area (Å²) in [5.74, 6) is 0.0261. The summed E-state index contributed by atoms with van der Waals surface area (Å²) in [4.78, 5) is 24.1. The largest absolute Gasteiger partial charge is 0.359 e. The third-order valence-corrected chi connectivity index (χ3v) is 3.99. The van der Waals surface area contributed by atoms with Crippen molar-refractivity contribution in [3.8, 4) is 0 Å². The first-order valence-electron chi connectivity index (χ1n) is 7.09. The molecule has 0 aromatic rings. The van der Waals surface area contributed by atoms with E-state index in [1.165, 1.54) is 0 Å². The molecule has 0 aromatic carbocycles. The van der Waals surface area contributed by atoms with Crippen molar-refractivity contribution in [1.29, 1.82) is 0 Å². The van der Waals surface area contributed by atoms with Crippen LogP contribution in [-0.4, -0.2) is 38.5 Å². The molecule has 1 atom stereocenters.